The van der Waals surface area contributed by atoms with E-state index in [0.29, 0.717) is 24.6 Å². The molecular weight excluding hydrogens is 156 g/mol. The average Bonchev–Trinajstić information content (AvgIpc) is 2.43. The predicted molar refractivity (Wildman–Crippen MR) is 45.1 cm³/mol. The number of rotatable bonds is 4. The van der Waals surface area contributed by atoms with E-state index in [1.54, 1.807) is 4.68 Å². The Kier molecular flexibility index (Phi) is 2.76. The van der Waals surface area contributed by atoms with Gasteiger partial charge in [-0.3, -0.25) is 0 Å². The Balaban J connectivity index is 2.72. The summed E-state index contributed by atoms with van der Waals surface area (Å²) in [5.74, 6) is 0.429. The molecule has 0 saturated heterocycles. The third-order valence-corrected chi connectivity index (χ3v) is 1.55. The van der Waals surface area contributed by atoms with Gasteiger partial charge in [-0.25, -0.2) is 10.2 Å². The van der Waals surface area contributed by atoms with Crippen molar-refractivity contribution in [1.29, 1.82) is 5.53 Å². The highest BCUT2D eigenvalue weighted by atomic mass is 15.3. The van der Waals surface area contributed by atoms with E-state index in [9.17, 15) is 0 Å². The number of nitrogens with one attached hydrogen (secondary N) is 1. The first-order valence-corrected chi connectivity index (χ1v) is 3.68. The van der Waals surface area contributed by atoms with E-state index in [4.69, 9.17) is 17.0 Å². The van der Waals surface area contributed by atoms with Crippen LogP contribution < -0.4 is 11.5 Å². The molecular formula is C6H12N6. The number of hydrogen-bond acceptors (Lipinski definition) is 5. The molecule has 66 valence electrons. The predicted octanol–water partition coefficient (Wildman–Crippen LogP) is 0.477. The minimum Gasteiger partial charge on any atom is -0.382 e. The fraction of sp³-hybridized carbons (Fsp3) is 0.500. The van der Waals surface area contributed by atoms with Gasteiger partial charge < -0.3 is 11.5 Å². The number of hydrogen-bond donors (Lipinski definition) is 3. The summed E-state index contributed by atoms with van der Waals surface area (Å²) in [4.78, 5) is 0. The van der Waals surface area contributed by atoms with Crippen LogP contribution in [0.5, 0.6) is 0 Å². The van der Waals surface area contributed by atoms with Crippen molar-refractivity contribution in [2.45, 2.75) is 13.0 Å². The molecule has 6 nitrogen and oxygen atoms in total. The largest absolute Gasteiger partial charge is 0.382 e. The zero-order valence-electron chi connectivity index (χ0n) is 6.70. The normalized spacial score (nSPS) is 10.1. The van der Waals surface area contributed by atoms with Crippen LogP contribution in [0.1, 0.15) is 6.42 Å². The van der Waals surface area contributed by atoms with Gasteiger partial charge in [-0.2, -0.15) is 10.2 Å². The number of nitrogen functional groups attached to an aromatic ring is 1. The highest BCUT2D eigenvalue weighted by Crippen LogP contribution is 2.20. The van der Waals surface area contributed by atoms with Gasteiger partial charge in [0.25, 0.3) is 0 Å². The molecule has 0 aliphatic carbocycles. The molecule has 6 heteroatoms. The lowest BCUT2D eigenvalue weighted by atomic mass is 10.4. The van der Waals surface area contributed by atoms with Crippen LogP contribution in [-0.4, -0.2) is 16.3 Å². The van der Waals surface area contributed by atoms with Crippen LogP contribution in [0, 0.1) is 5.53 Å². The van der Waals surface area contributed by atoms with Crippen molar-refractivity contribution in [2.24, 2.45) is 10.8 Å². The molecule has 1 aromatic rings. The van der Waals surface area contributed by atoms with Crippen molar-refractivity contribution >= 4 is 11.5 Å². The van der Waals surface area contributed by atoms with E-state index in [2.05, 4.69) is 10.2 Å². The SMILES string of the molecule is N=Nc1cnn(CCCN)c1N. The van der Waals surface area contributed by atoms with Crippen molar-refractivity contribution in [3.05, 3.63) is 6.20 Å². The minimum absolute atomic E-state index is 0.409. The van der Waals surface area contributed by atoms with Crippen molar-refractivity contribution in [1.82, 2.24) is 9.78 Å². The Bertz CT molecular complexity index is 265. The average molecular weight is 168 g/mol. The summed E-state index contributed by atoms with van der Waals surface area (Å²) in [7, 11) is 0. The van der Waals surface area contributed by atoms with E-state index in [0.717, 1.165) is 6.42 Å². The molecule has 0 atom stereocenters. The van der Waals surface area contributed by atoms with Crippen LogP contribution >= 0.6 is 0 Å². The molecule has 0 bridgehead atoms. The first-order chi connectivity index (χ1) is 5.79. The lowest BCUT2D eigenvalue weighted by Crippen LogP contribution is -2.09. The van der Waals surface area contributed by atoms with Gasteiger partial charge in [0.05, 0.1) is 6.20 Å². The van der Waals surface area contributed by atoms with Crippen LogP contribution in [-0.2, 0) is 6.54 Å². The lowest BCUT2D eigenvalue weighted by molar-refractivity contribution is 0.592. The van der Waals surface area contributed by atoms with Crippen LogP contribution in [0.15, 0.2) is 11.3 Å². The summed E-state index contributed by atoms with van der Waals surface area (Å²) in [5, 5.41) is 7.16. The van der Waals surface area contributed by atoms with Gasteiger partial charge in [0.15, 0.2) is 0 Å². The van der Waals surface area contributed by atoms with Crippen molar-refractivity contribution in [3.8, 4) is 0 Å². The minimum atomic E-state index is 0.409. The number of aryl methyl sites for hydroxylation is 1. The van der Waals surface area contributed by atoms with Gasteiger partial charge in [0.2, 0.25) is 0 Å². The van der Waals surface area contributed by atoms with Gasteiger partial charge in [0.1, 0.15) is 11.5 Å². The molecule has 1 aromatic heterocycles. The molecule has 0 radical (unpaired) electrons. The Morgan fingerprint density at radius 3 is 2.92 bits per heavy atom. The highest BCUT2D eigenvalue weighted by molar-refractivity contribution is 5.55. The second-order valence-corrected chi connectivity index (χ2v) is 2.39. The maximum absolute atomic E-state index is 6.74. The Morgan fingerprint density at radius 2 is 2.42 bits per heavy atom. The molecule has 0 spiro atoms. The zero-order valence-corrected chi connectivity index (χ0v) is 6.70. The van der Waals surface area contributed by atoms with Gasteiger partial charge in [-0.05, 0) is 13.0 Å². The summed E-state index contributed by atoms with van der Waals surface area (Å²) < 4.78 is 1.60. The summed E-state index contributed by atoms with van der Waals surface area (Å²) in [6, 6.07) is 0. The Morgan fingerprint density at radius 1 is 1.67 bits per heavy atom. The molecule has 5 N–H and O–H groups in total. The van der Waals surface area contributed by atoms with E-state index in [1.165, 1.54) is 6.20 Å². The van der Waals surface area contributed by atoms with Crippen molar-refractivity contribution in [3.63, 3.8) is 0 Å². The van der Waals surface area contributed by atoms with Gasteiger partial charge in [-0.15, -0.1) is 0 Å². The Labute approximate surface area is 70.1 Å². The van der Waals surface area contributed by atoms with Gasteiger partial charge >= 0.3 is 0 Å². The van der Waals surface area contributed by atoms with Crippen LogP contribution in [0.2, 0.25) is 0 Å². The molecule has 1 heterocycles. The fourth-order valence-electron chi connectivity index (χ4n) is 0.890. The molecule has 0 aliphatic heterocycles. The quantitative estimate of drug-likeness (QED) is 0.569. The zero-order chi connectivity index (χ0) is 8.97. The molecule has 0 amide bonds. The standard InChI is InChI=1S/C6H12N6/c7-2-1-3-12-6(8)5(11-9)4-10-12/h4,9H,1-3,7-8H2. The summed E-state index contributed by atoms with van der Waals surface area (Å²) in [5.41, 5.74) is 18.1. The summed E-state index contributed by atoms with van der Waals surface area (Å²) in [6.07, 6.45) is 2.29. The maximum Gasteiger partial charge on any atom is 0.149 e. The number of anilines is 1. The third kappa shape index (κ3) is 1.59. The lowest BCUT2D eigenvalue weighted by Gasteiger charge is -2.01. The first kappa shape index (κ1) is 8.66. The third-order valence-electron chi connectivity index (χ3n) is 1.55. The molecule has 12 heavy (non-hydrogen) atoms. The van der Waals surface area contributed by atoms with Crippen LogP contribution in [0.25, 0.3) is 0 Å². The van der Waals surface area contributed by atoms with Crippen LogP contribution in [0.4, 0.5) is 11.5 Å². The number of nitrogens with zero attached hydrogens (tertiary/aromatic N) is 3. The molecule has 0 aromatic carbocycles. The maximum atomic E-state index is 6.74. The van der Waals surface area contributed by atoms with Gasteiger partial charge in [-0.1, -0.05) is 0 Å². The van der Waals surface area contributed by atoms with Crippen LogP contribution in [0.3, 0.4) is 0 Å². The molecule has 1 rings (SSSR count). The monoisotopic (exact) mass is 168 g/mol. The fourth-order valence-corrected chi connectivity index (χ4v) is 0.890. The molecule has 0 aliphatic rings. The van der Waals surface area contributed by atoms with E-state index in [-0.39, 0.29) is 0 Å². The first-order valence-electron chi connectivity index (χ1n) is 3.68. The molecule has 0 saturated carbocycles. The molecule has 0 fully saturated rings. The van der Waals surface area contributed by atoms with E-state index in [1.807, 2.05) is 0 Å². The second-order valence-electron chi connectivity index (χ2n) is 2.39. The van der Waals surface area contributed by atoms with E-state index < -0.39 is 0 Å². The number of aromatic nitrogens is 2. The van der Waals surface area contributed by atoms with E-state index >= 15 is 0 Å². The second kappa shape index (κ2) is 3.82. The summed E-state index contributed by atoms with van der Waals surface area (Å²) >= 11 is 0. The number of nitrogens with two attached hydrogens (primary N) is 2. The highest BCUT2D eigenvalue weighted by Gasteiger charge is 2.04. The van der Waals surface area contributed by atoms with Crippen molar-refractivity contribution < 1.29 is 0 Å². The smallest absolute Gasteiger partial charge is 0.149 e. The Hall–Kier alpha value is -1.43. The molecule has 0 unspecified atom stereocenters. The summed E-state index contributed by atoms with van der Waals surface area (Å²) in [6.45, 7) is 1.28. The topological polar surface area (TPSA) is 106 Å². The van der Waals surface area contributed by atoms with Crippen molar-refractivity contribution in [2.75, 3.05) is 12.3 Å². The van der Waals surface area contributed by atoms with Gasteiger partial charge in [0, 0.05) is 6.54 Å².